The third-order valence-electron chi connectivity index (χ3n) is 3.68. The second-order valence-corrected chi connectivity index (χ2v) is 5.15. The minimum Gasteiger partial charge on any atom is -0.395 e. The summed E-state index contributed by atoms with van der Waals surface area (Å²) in [6.07, 6.45) is 1.65. The molecule has 0 saturated heterocycles. The number of aliphatic hydroxyl groups is 1. The van der Waals surface area contributed by atoms with Crippen LogP contribution in [0.25, 0.3) is 0 Å². The van der Waals surface area contributed by atoms with E-state index in [1.807, 2.05) is 0 Å². The van der Waals surface area contributed by atoms with Crippen molar-refractivity contribution in [1.82, 2.24) is 4.90 Å². The van der Waals surface area contributed by atoms with Gasteiger partial charge in [0.15, 0.2) is 0 Å². The number of carbonyl (C=O) groups is 1. The van der Waals surface area contributed by atoms with E-state index in [4.69, 9.17) is 0 Å². The van der Waals surface area contributed by atoms with E-state index in [9.17, 15) is 18.7 Å². The van der Waals surface area contributed by atoms with Crippen molar-refractivity contribution in [3.05, 3.63) is 35.4 Å². The molecule has 1 fully saturated rings. The zero-order valence-corrected chi connectivity index (χ0v) is 10.8. The SMILES string of the molecule is CN(CCc1cc(F)ccc1F)C(=O)C1(CO)CC1. The molecule has 2 rings (SSSR count). The standard InChI is InChI=1S/C14H17F2NO2/c1-17(13(19)14(9-18)5-6-14)7-4-10-8-11(15)2-3-12(10)16/h2-3,8,18H,4-7,9H2,1H3. The van der Waals surface area contributed by atoms with E-state index in [0.29, 0.717) is 19.4 Å². The van der Waals surface area contributed by atoms with Crippen LogP contribution in [0.2, 0.25) is 0 Å². The minimum absolute atomic E-state index is 0.119. The Morgan fingerprint density at radius 2 is 2.11 bits per heavy atom. The molecule has 0 bridgehead atoms. The summed E-state index contributed by atoms with van der Waals surface area (Å²) in [5.41, 5.74) is -0.358. The summed E-state index contributed by atoms with van der Waals surface area (Å²) in [6, 6.07) is 3.30. The molecule has 0 heterocycles. The Hall–Kier alpha value is -1.49. The molecule has 1 N–H and O–H groups in total. The fourth-order valence-electron chi connectivity index (χ4n) is 2.12. The van der Waals surface area contributed by atoms with Crippen molar-refractivity contribution in [2.24, 2.45) is 5.41 Å². The number of nitrogens with zero attached hydrogens (tertiary/aromatic N) is 1. The predicted molar refractivity (Wildman–Crippen MR) is 66.5 cm³/mol. The number of likely N-dealkylation sites (N-methyl/N-ethyl adjacent to an activating group) is 1. The Morgan fingerprint density at radius 3 is 2.68 bits per heavy atom. The van der Waals surface area contributed by atoms with Crippen LogP contribution >= 0.6 is 0 Å². The third kappa shape index (κ3) is 2.92. The van der Waals surface area contributed by atoms with Gasteiger partial charge in [0.2, 0.25) is 5.91 Å². The lowest BCUT2D eigenvalue weighted by atomic mass is 10.1. The van der Waals surface area contributed by atoms with Gasteiger partial charge in [0.25, 0.3) is 0 Å². The molecule has 1 amide bonds. The summed E-state index contributed by atoms with van der Waals surface area (Å²) in [7, 11) is 1.62. The van der Waals surface area contributed by atoms with Crippen molar-refractivity contribution in [3.63, 3.8) is 0 Å². The van der Waals surface area contributed by atoms with Crippen molar-refractivity contribution >= 4 is 5.91 Å². The Balaban J connectivity index is 1.95. The van der Waals surface area contributed by atoms with Crippen LogP contribution in [0.15, 0.2) is 18.2 Å². The molecule has 5 heteroatoms. The van der Waals surface area contributed by atoms with Crippen LogP contribution in [0.3, 0.4) is 0 Å². The number of aliphatic hydroxyl groups excluding tert-OH is 1. The van der Waals surface area contributed by atoms with E-state index in [1.165, 1.54) is 4.90 Å². The van der Waals surface area contributed by atoms with Crippen LogP contribution in [0, 0.1) is 17.0 Å². The number of hydrogen-bond donors (Lipinski definition) is 1. The maximum absolute atomic E-state index is 13.4. The highest BCUT2D eigenvalue weighted by Crippen LogP contribution is 2.46. The van der Waals surface area contributed by atoms with E-state index >= 15 is 0 Å². The number of benzene rings is 1. The zero-order chi connectivity index (χ0) is 14.0. The number of amides is 1. The van der Waals surface area contributed by atoms with Crippen molar-refractivity contribution in [1.29, 1.82) is 0 Å². The Labute approximate surface area is 110 Å². The molecular formula is C14H17F2NO2. The molecule has 0 spiro atoms. The van der Waals surface area contributed by atoms with Gasteiger partial charge in [0.1, 0.15) is 11.6 Å². The number of carbonyl (C=O) groups excluding carboxylic acids is 1. The third-order valence-corrected chi connectivity index (χ3v) is 3.68. The summed E-state index contributed by atoms with van der Waals surface area (Å²) in [6.45, 7) is 0.158. The highest BCUT2D eigenvalue weighted by atomic mass is 19.1. The first-order valence-corrected chi connectivity index (χ1v) is 6.29. The van der Waals surface area contributed by atoms with Gasteiger partial charge in [-0.3, -0.25) is 4.79 Å². The molecule has 19 heavy (non-hydrogen) atoms. The lowest BCUT2D eigenvalue weighted by Gasteiger charge is -2.22. The Morgan fingerprint density at radius 1 is 1.42 bits per heavy atom. The van der Waals surface area contributed by atoms with E-state index in [-0.39, 0.29) is 24.5 Å². The molecule has 0 unspecified atom stereocenters. The molecular weight excluding hydrogens is 252 g/mol. The van der Waals surface area contributed by atoms with Crippen molar-refractivity contribution < 1.29 is 18.7 Å². The van der Waals surface area contributed by atoms with E-state index in [2.05, 4.69) is 0 Å². The molecule has 0 atom stereocenters. The number of rotatable bonds is 5. The van der Waals surface area contributed by atoms with E-state index < -0.39 is 17.0 Å². The molecule has 1 aromatic carbocycles. The van der Waals surface area contributed by atoms with Crippen molar-refractivity contribution in [3.8, 4) is 0 Å². The molecule has 1 aliphatic rings. The van der Waals surface area contributed by atoms with Gasteiger partial charge in [0.05, 0.1) is 12.0 Å². The molecule has 0 radical (unpaired) electrons. The van der Waals surface area contributed by atoms with Crippen molar-refractivity contribution in [2.45, 2.75) is 19.3 Å². The number of halogens is 2. The van der Waals surface area contributed by atoms with Crippen LogP contribution in [0.1, 0.15) is 18.4 Å². The molecule has 1 saturated carbocycles. The molecule has 1 aromatic rings. The van der Waals surface area contributed by atoms with Crippen LogP contribution in [-0.4, -0.2) is 36.1 Å². The average Bonchev–Trinajstić information content (AvgIpc) is 3.19. The summed E-state index contributed by atoms with van der Waals surface area (Å²) in [4.78, 5) is 13.5. The summed E-state index contributed by atoms with van der Waals surface area (Å²) < 4.78 is 26.4. The largest absolute Gasteiger partial charge is 0.395 e. The number of hydrogen-bond acceptors (Lipinski definition) is 2. The molecule has 1 aliphatic carbocycles. The minimum atomic E-state index is -0.616. The maximum Gasteiger partial charge on any atom is 0.230 e. The Bertz CT molecular complexity index is 486. The van der Waals surface area contributed by atoms with Crippen LogP contribution < -0.4 is 0 Å². The first-order chi connectivity index (χ1) is 8.98. The topological polar surface area (TPSA) is 40.5 Å². The lowest BCUT2D eigenvalue weighted by molar-refractivity contribution is -0.137. The first-order valence-electron chi connectivity index (χ1n) is 6.29. The average molecular weight is 269 g/mol. The quantitative estimate of drug-likeness (QED) is 0.884. The Kier molecular flexibility index (Phi) is 3.85. The van der Waals surface area contributed by atoms with Gasteiger partial charge in [-0.05, 0) is 43.0 Å². The molecule has 0 aliphatic heterocycles. The van der Waals surface area contributed by atoms with Gasteiger partial charge in [0, 0.05) is 13.6 Å². The molecule has 0 aromatic heterocycles. The van der Waals surface area contributed by atoms with Crippen LogP contribution in [0.5, 0.6) is 0 Å². The molecule has 104 valence electrons. The fourth-order valence-corrected chi connectivity index (χ4v) is 2.12. The van der Waals surface area contributed by atoms with Crippen LogP contribution in [0.4, 0.5) is 8.78 Å². The maximum atomic E-state index is 13.4. The first kappa shape index (κ1) is 13.9. The van der Waals surface area contributed by atoms with E-state index in [1.54, 1.807) is 7.05 Å². The highest BCUT2D eigenvalue weighted by Gasteiger charge is 2.50. The lowest BCUT2D eigenvalue weighted by Crippen LogP contribution is -2.37. The second-order valence-electron chi connectivity index (χ2n) is 5.15. The van der Waals surface area contributed by atoms with E-state index in [0.717, 1.165) is 18.2 Å². The monoisotopic (exact) mass is 269 g/mol. The normalized spacial score (nSPS) is 16.2. The second kappa shape index (κ2) is 5.25. The van der Waals surface area contributed by atoms with Gasteiger partial charge >= 0.3 is 0 Å². The fraction of sp³-hybridized carbons (Fsp3) is 0.500. The van der Waals surface area contributed by atoms with Gasteiger partial charge < -0.3 is 10.0 Å². The zero-order valence-electron chi connectivity index (χ0n) is 10.8. The predicted octanol–water partition coefficient (Wildman–Crippen LogP) is 1.74. The van der Waals surface area contributed by atoms with Gasteiger partial charge in [-0.1, -0.05) is 0 Å². The van der Waals surface area contributed by atoms with Gasteiger partial charge in [-0.2, -0.15) is 0 Å². The highest BCUT2D eigenvalue weighted by molar-refractivity contribution is 5.85. The van der Waals surface area contributed by atoms with Gasteiger partial charge in [-0.25, -0.2) is 8.78 Å². The smallest absolute Gasteiger partial charge is 0.230 e. The van der Waals surface area contributed by atoms with Crippen molar-refractivity contribution in [2.75, 3.05) is 20.2 Å². The summed E-state index contributed by atoms with van der Waals surface area (Å²) >= 11 is 0. The summed E-state index contributed by atoms with van der Waals surface area (Å²) in [5, 5.41) is 9.18. The summed E-state index contributed by atoms with van der Waals surface area (Å²) in [5.74, 6) is -1.07. The van der Waals surface area contributed by atoms with Crippen LogP contribution in [-0.2, 0) is 11.2 Å². The van der Waals surface area contributed by atoms with Gasteiger partial charge in [-0.15, -0.1) is 0 Å². The molecule has 3 nitrogen and oxygen atoms in total.